The van der Waals surface area contributed by atoms with E-state index in [1.54, 1.807) is 6.26 Å². The van der Waals surface area contributed by atoms with Gasteiger partial charge in [-0.05, 0) is 38.8 Å². The van der Waals surface area contributed by atoms with Gasteiger partial charge in [-0.15, -0.1) is 0 Å². The predicted molar refractivity (Wildman–Crippen MR) is 69.7 cm³/mol. The van der Waals surface area contributed by atoms with Crippen molar-refractivity contribution in [3.8, 4) is 0 Å². The van der Waals surface area contributed by atoms with Gasteiger partial charge in [0.1, 0.15) is 5.76 Å². The van der Waals surface area contributed by atoms with Crippen LogP contribution in [-0.2, 0) is 13.1 Å². The average Bonchev–Trinajstić information content (AvgIpc) is 2.72. The Kier molecular flexibility index (Phi) is 4.24. The maximum absolute atomic E-state index is 5.52. The van der Waals surface area contributed by atoms with Crippen LogP contribution in [0.4, 0.5) is 0 Å². The van der Waals surface area contributed by atoms with E-state index in [9.17, 15) is 0 Å². The second-order valence-electron chi connectivity index (χ2n) is 5.36. The lowest BCUT2D eigenvalue weighted by Crippen LogP contribution is -2.40. The Morgan fingerprint density at radius 3 is 3.00 bits per heavy atom. The van der Waals surface area contributed by atoms with Crippen molar-refractivity contribution in [3.63, 3.8) is 0 Å². The van der Waals surface area contributed by atoms with E-state index in [1.165, 1.54) is 24.9 Å². The summed E-state index contributed by atoms with van der Waals surface area (Å²) in [6.45, 7) is 7.75. The lowest BCUT2D eigenvalue weighted by Gasteiger charge is -2.36. The van der Waals surface area contributed by atoms with Gasteiger partial charge in [-0.3, -0.25) is 4.90 Å². The van der Waals surface area contributed by atoms with Crippen LogP contribution in [0, 0.1) is 5.92 Å². The van der Waals surface area contributed by atoms with Crippen molar-refractivity contribution in [2.24, 2.45) is 5.92 Å². The highest BCUT2D eigenvalue weighted by Gasteiger charge is 2.23. The zero-order valence-corrected chi connectivity index (χ0v) is 11.2. The van der Waals surface area contributed by atoms with Gasteiger partial charge < -0.3 is 9.73 Å². The minimum absolute atomic E-state index is 0.698. The summed E-state index contributed by atoms with van der Waals surface area (Å²) in [7, 11) is 1.96. The molecule has 1 aromatic rings. The smallest absolute Gasteiger partial charge is 0.122 e. The van der Waals surface area contributed by atoms with Crippen molar-refractivity contribution in [1.82, 2.24) is 10.2 Å². The van der Waals surface area contributed by atoms with Gasteiger partial charge in [-0.25, -0.2) is 0 Å². The molecule has 2 unspecified atom stereocenters. The Morgan fingerprint density at radius 2 is 2.24 bits per heavy atom. The van der Waals surface area contributed by atoms with E-state index in [4.69, 9.17) is 4.42 Å². The fourth-order valence-electron chi connectivity index (χ4n) is 2.64. The van der Waals surface area contributed by atoms with Crippen LogP contribution in [0.5, 0.6) is 0 Å². The fourth-order valence-corrected chi connectivity index (χ4v) is 2.64. The quantitative estimate of drug-likeness (QED) is 0.871. The van der Waals surface area contributed by atoms with Crippen molar-refractivity contribution in [2.75, 3.05) is 13.6 Å². The summed E-state index contributed by atoms with van der Waals surface area (Å²) in [5, 5.41) is 3.16. The Bertz CT molecular complexity index is 348. The lowest BCUT2D eigenvalue weighted by molar-refractivity contribution is 0.116. The summed E-state index contributed by atoms with van der Waals surface area (Å²) in [6.07, 6.45) is 4.49. The van der Waals surface area contributed by atoms with E-state index in [0.717, 1.165) is 24.8 Å². The molecule has 0 radical (unpaired) electrons. The molecule has 0 saturated carbocycles. The van der Waals surface area contributed by atoms with E-state index >= 15 is 0 Å². The first-order valence-electron chi connectivity index (χ1n) is 6.64. The molecule has 1 aliphatic rings. The summed E-state index contributed by atoms with van der Waals surface area (Å²) in [5.41, 5.74) is 1.33. The molecule has 0 bridgehead atoms. The Hall–Kier alpha value is -0.800. The maximum atomic E-state index is 5.52. The number of nitrogens with zero attached hydrogens (tertiary/aromatic N) is 1. The fraction of sp³-hybridized carbons (Fsp3) is 0.714. The number of piperidine rings is 1. The summed E-state index contributed by atoms with van der Waals surface area (Å²) in [5.74, 6) is 1.91. The zero-order valence-electron chi connectivity index (χ0n) is 11.2. The van der Waals surface area contributed by atoms with Gasteiger partial charge in [-0.2, -0.15) is 0 Å². The Morgan fingerprint density at radius 1 is 1.41 bits per heavy atom. The van der Waals surface area contributed by atoms with Crippen LogP contribution in [-0.4, -0.2) is 24.5 Å². The van der Waals surface area contributed by atoms with Crippen LogP contribution in [0.3, 0.4) is 0 Å². The van der Waals surface area contributed by atoms with E-state index in [0.29, 0.717) is 6.04 Å². The van der Waals surface area contributed by atoms with Crippen LogP contribution in [0.1, 0.15) is 38.0 Å². The molecule has 1 aliphatic heterocycles. The number of nitrogens with one attached hydrogen (secondary N) is 1. The Labute approximate surface area is 104 Å². The molecular weight excluding hydrogens is 212 g/mol. The number of likely N-dealkylation sites (tertiary alicyclic amines) is 1. The summed E-state index contributed by atoms with van der Waals surface area (Å²) < 4.78 is 5.52. The molecule has 2 atom stereocenters. The molecule has 0 aromatic carbocycles. The summed E-state index contributed by atoms with van der Waals surface area (Å²) >= 11 is 0. The number of furan rings is 1. The molecule has 1 aromatic heterocycles. The molecule has 1 fully saturated rings. The van der Waals surface area contributed by atoms with Crippen molar-refractivity contribution in [3.05, 3.63) is 23.7 Å². The van der Waals surface area contributed by atoms with E-state index in [2.05, 4.69) is 30.1 Å². The number of hydrogen-bond acceptors (Lipinski definition) is 3. The molecule has 0 spiro atoms. The van der Waals surface area contributed by atoms with E-state index < -0.39 is 0 Å². The molecule has 96 valence electrons. The minimum Gasteiger partial charge on any atom is -0.468 e. The van der Waals surface area contributed by atoms with Gasteiger partial charge in [0.25, 0.3) is 0 Å². The second kappa shape index (κ2) is 5.69. The standard InChI is InChI=1S/C14H24N2O/c1-11-4-5-12(2)16(9-11)10-13-6-7-17-14(13)8-15-3/h6-7,11-12,15H,4-5,8-10H2,1-3H3. The molecule has 2 rings (SSSR count). The van der Waals surface area contributed by atoms with Crippen molar-refractivity contribution >= 4 is 0 Å². The normalized spacial score (nSPS) is 26.3. The van der Waals surface area contributed by atoms with Gasteiger partial charge in [0.15, 0.2) is 0 Å². The van der Waals surface area contributed by atoms with Gasteiger partial charge in [-0.1, -0.05) is 6.92 Å². The predicted octanol–water partition coefficient (Wildman–Crippen LogP) is 2.62. The van der Waals surface area contributed by atoms with Crippen LogP contribution < -0.4 is 5.32 Å². The van der Waals surface area contributed by atoms with Gasteiger partial charge >= 0.3 is 0 Å². The van der Waals surface area contributed by atoms with Gasteiger partial charge in [0.05, 0.1) is 12.8 Å². The molecule has 0 aliphatic carbocycles. The molecule has 0 amide bonds. The van der Waals surface area contributed by atoms with E-state index in [-0.39, 0.29) is 0 Å². The molecule has 1 N–H and O–H groups in total. The first-order valence-corrected chi connectivity index (χ1v) is 6.64. The molecule has 17 heavy (non-hydrogen) atoms. The van der Waals surface area contributed by atoms with Crippen LogP contribution in [0.2, 0.25) is 0 Å². The molecule has 2 heterocycles. The van der Waals surface area contributed by atoms with Gasteiger partial charge in [0.2, 0.25) is 0 Å². The molecule has 3 heteroatoms. The molecule has 3 nitrogen and oxygen atoms in total. The topological polar surface area (TPSA) is 28.4 Å². The summed E-state index contributed by atoms with van der Waals surface area (Å²) in [4.78, 5) is 2.58. The highest BCUT2D eigenvalue weighted by atomic mass is 16.3. The monoisotopic (exact) mass is 236 g/mol. The maximum Gasteiger partial charge on any atom is 0.122 e. The highest BCUT2D eigenvalue weighted by Crippen LogP contribution is 2.24. The zero-order chi connectivity index (χ0) is 12.3. The highest BCUT2D eigenvalue weighted by molar-refractivity contribution is 5.17. The van der Waals surface area contributed by atoms with Crippen LogP contribution >= 0.6 is 0 Å². The summed E-state index contributed by atoms with van der Waals surface area (Å²) in [6, 6.07) is 2.81. The SMILES string of the molecule is CNCc1occc1CN1CC(C)CCC1C. The largest absolute Gasteiger partial charge is 0.468 e. The third-order valence-electron chi connectivity index (χ3n) is 3.80. The van der Waals surface area contributed by atoms with Gasteiger partial charge in [0, 0.05) is 24.7 Å². The second-order valence-corrected chi connectivity index (χ2v) is 5.36. The Balaban J connectivity index is 2.01. The minimum atomic E-state index is 0.698. The van der Waals surface area contributed by atoms with Crippen LogP contribution in [0.25, 0.3) is 0 Å². The van der Waals surface area contributed by atoms with Crippen molar-refractivity contribution in [2.45, 2.75) is 45.8 Å². The third kappa shape index (κ3) is 3.11. The van der Waals surface area contributed by atoms with Crippen LogP contribution in [0.15, 0.2) is 16.7 Å². The van der Waals surface area contributed by atoms with E-state index in [1.807, 2.05) is 7.05 Å². The first-order chi connectivity index (χ1) is 8.20. The number of hydrogen-bond donors (Lipinski definition) is 1. The van der Waals surface area contributed by atoms with Crippen molar-refractivity contribution in [1.29, 1.82) is 0 Å². The average molecular weight is 236 g/mol. The first kappa shape index (κ1) is 12.7. The van der Waals surface area contributed by atoms with Crippen molar-refractivity contribution < 1.29 is 4.42 Å². The molecular formula is C14H24N2O. The lowest BCUT2D eigenvalue weighted by atomic mass is 9.94. The number of rotatable bonds is 4. The molecule has 1 saturated heterocycles. The third-order valence-corrected chi connectivity index (χ3v) is 3.80.